The quantitative estimate of drug-likeness (QED) is 0.797. The van der Waals surface area contributed by atoms with E-state index in [2.05, 4.69) is 9.97 Å². The first kappa shape index (κ1) is 18.8. The molecule has 0 bridgehead atoms. The molecule has 1 aromatic heterocycles. The Balaban J connectivity index is 1.77. The Morgan fingerprint density at radius 2 is 2.19 bits per heavy atom. The first-order chi connectivity index (χ1) is 12.3. The molecule has 138 valence electrons. The fourth-order valence-electron chi connectivity index (χ4n) is 3.28. The number of piperidine rings is 1. The van der Waals surface area contributed by atoms with Gasteiger partial charge in [-0.1, -0.05) is 23.7 Å². The first-order valence-corrected chi connectivity index (χ1v) is 10.6. The highest BCUT2D eigenvalue weighted by Crippen LogP contribution is 2.29. The van der Waals surface area contributed by atoms with E-state index in [1.807, 2.05) is 12.1 Å². The molecule has 6 nitrogen and oxygen atoms in total. The molecule has 1 fully saturated rings. The maximum absolute atomic E-state index is 12.7. The maximum Gasteiger partial charge on any atom is 0.227 e. The van der Waals surface area contributed by atoms with Crippen molar-refractivity contribution >= 4 is 27.3 Å². The minimum Gasteiger partial charge on any atom is -0.342 e. The molecule has 3 rings (SSSR count). The van der Waals surface area contributed by atoms with E-state index in [9.17, 15) is 13.2 Å². The molecular formula is C18H20ClN3O3S. The van der Waals surface area contributed by atoms with Gasteiger partial charge in [0, 0.05) is 36.5 Å². The largest absolute Gasteiger partial charge is 0.342 e. The number of hydrogen-bond donors (Lipinski definition) is 0. The number of aromatic nitrogens is 2. The zero-order valence-electron chi connectivity index (χ0n) is 14.4. The van der Waals surface area contributed by atoms with Crippen molar-refractivity contribution < 1.29 is 13.2 Å². The average molecular weight is 394 g/mol. The van der Waals surface area contributed by atoms with Crippen LogP contribution in [0.4, 0.5) is 0 Å². The molecule has 1 saturated heterocycles. The summed E-state index contributed by atoms with van der Waals surface area (Å²) in [5.41, 5.74) is 1.37. The molecule has 0 radical (unpaired) electrons. The molecule has 8 heteroatoms. The topological polar surface area (TPSA) is 80.2 Å². The summed E-state index contributed by atoms with van der Waals surface area (Å²) >= 11 is 5.98. The highest BCUT2D eigenvalue weighted by atomic mass is 35.5. The number of carbonyl (C=O) groups is 1. The fourth-order valence-corrected chi connectivity index (χ4v) is 4.34. The van der Waals surface area contributed by atoms with Gasteiger partial charge in [0.05, 0.1) is 12.1 Å². The van der Waals surface area contributed by atoms with Crippen LogP contribution >= 0.6 is 11.6 Å². The van der Waals surface area contributed by atoms with E-state index in [1.54, 1.807) is 17.0 Å². The maximum atomic E-state index is 12.7. The van der Waals surface area contributed by atoms with Gasteiger partial charge >= 0.3 is 0 Å². The Kier molecular flexibility index (Phi) is 5.58. The van der Waals surface area contributed by atoms with Crippen LogP contribution in [-0.4, -0.2) is 48.5 Å². The standard InChI is InChI=1S/C18H20ClN3O3S/c1-26(24,25)16-10-20-12-21-18(16)14-5-3-7-22(11-14)17(23)9-13-4-2-6-15(19)8-13/h2,4,6,8,10,12,14H,3,5,7,9,11H2,1H3/t14-/m0/s1. The number of benzene rings is 1. The van der Waals surface area contributed by atoms with Crippen LogP contribution in [0.2, 0.25) is 5.02 Å². The van der Waals surface area contributed by atoms with Crippen molar-refractivity contribution in [3.8, 4) is 0 Å². The van der Waals surface area contributed by atoms with E-state index in [0.717, 1.165) is 24.7 Å². The van der Waals surface area contributed by atoms with Crippen LogP contribution in [-0.2, 0) is 21.1 Å². The summed E-state index contributed by atoms with van der Waals surface area (Å²) in [4.78, 5) is 22.7. The summed E-state index contributed by atoms with van der Waals surface area (Å²) in [5.74, 6) is -0.105. The van der Waals surface area contributed by atoms with Crippen molar-refractivity contribution in [2.45, 2.75) is 30.1 Å². The van der Waals surface area contributed by atoms with E-state index in [0.29, 0.717) is 23.8 Å². The van der Waals surface area contributed by atoms with Crippen LogP contribution in [0.15, 0.2) is 41.7 Å². The number of rotatable bonds is 4. The Morgan fingerprint density at radius 1 is 1.38 bits per heavy atom. The summed E-state index contributed by atoms with van der Waals surface area (Å²) in [6.07, 6.45) is 5.72. The normalized spacial score (nSPS) is 17.9. The highest BCUT2D eigenvalue weighted by Gasteiger charge is 2.29. The van der Waals surface area contributed by atoms with Crippen LogP contribution < -0.4 is 0 Å². The van der Waals surface area contributed by atoms with Crippen molar-refractivity contribution in [3.05, 3.63) is 53.1 Å². The van der Waals surface area contributed by atoms with Crippen molar-refractivity contribution in [1.82, 2.24) is 14.9 Å². The first-order valence-electron chi connectivity index (χ1n) is 8.37. The average Bonchev–Trinajstić information content (AvgIpc) is 2.61. The molecule has 1 atom stereocenters. The third-order valence-corrected chi connectivity index (χ3v) is 5.86. The SMILES string of the molecule is CS(=O)(=O)c1cncnc1[C@H]1CCCN(C(=O)Cc2cccc(Cl)c2)C1. The number of sulfone groups is 1. The molecule has 26 heavy (non-hydrogen) atoms. The molecule has 2 heterocycles. The highest BCUT2D eigenvalue weighted by molar-refractivity contribution is 7.90. The molecule has 2 aromatic rings. The predicted octanol–water partition coefficient (Wildman–Crippen LogP) is 2.48. The molecule has 0 aliphatic carbocycles. The molecule has 0 spiro atoms. The number of amides is 1. The summed E-state index contributed by atoms with van der Waals surface area (Å²) < 4.78 is 24.0. The second kappa shape index (κ2) is 7.72. The second-order valence-electron chi connectivity index (χ2n) is 6.53. The molecule has 0 N–H and O–H groups in total. The van der Waals surface area contributed by atoms with Crippen LogP contribution in [0.25, 0.3) is 0 Å². The predicted molar refractivity (Wildman–Crippen MR) is 98.9 cm³/mol. The van der Waals surface area contributed by atoms with Crippen LogP contribution in [0.1, 0.15) is 30.0 Å². The Morgan fingerprint density at radius 3 is 2.92 bits per heavy atom. The monoisotopic (exact) mass is 393 g/mol. The van der Waals surface area contributed by atoms with Crippen LogP contribution in [0.5, 0.6) is 0 Å². The third-order valence-electron chi connectivity index (χ3n) is 4.51. The zero-order valence-corrected chi connectivity index (χ0v) is 16.0. The number of likely N-dealkylation sites (tertiary alicyclic amines) is 1. The number of nitrogens with zero attached hydrogens (tertiary/aromatic N) is 3. The second-order valence-corrected chi connectivity index (χ2v) is 8.95. The third kappa shape index (κ3) is 4.40. The molecule has 1 amide bonds. The molecule has 1 aliphatic heterocycles. The lowest BCUT2D eigenvalue weighted by atomic mass is 9.94. The van der Waals surface area contributed by atoms with E-state index < -0.39 is 9.84 Å². The van der Waals surface area contributed by atoms with Crippen molar-refractivity contribution in [3.63, 3.8) is 0 Å². The Hall–Kier alpha value is -1.99. The molecule has 1 aromatic carbocycles. The lowest BCUT2D eigenvalue weighted by Gasteiger charge is -2.33. The summed E-state index contributed by atoms with van der Waals surface area (Å²) in [7, 11) is -3.42. The van der Waals surface area contributed by atoms with Gasteiger partial charge in [0.2, 0.25) is 5.91 Å². The lowest BCUT2D eigenvalue weighted by molar-refractivity contribution is -0.131. The van der Waals surface area contributed by atoms with Crippen molar-refractivity contribution in [2.24, 2.45) is 0 Å². The smallest absolute Gasteiger partial charge is 0.227 e. The van der Waals surface area contributed by atoms with E-state index in [1.165, 1.54) is 12.5 Å². The molecule has 0 saturated carbocycles. The fraction of sp³-hybridized carbons (Fsp3) is 0.389. The minimum atomic E-state index is -3.42. The van der Waals surface area contributed by atoms with Crippen molar-refractivity contribution in [1.29, 1.82) is 0 Å². The zero-order chi connectivity index (χ0) is 18.7. The van der Waals surface area contributed by atoms with E-state index in [-0.39, 0.29) is 23.1 Å². The van der Waals surface area contributed by atoms with Gasteiger partial charge < -0.3 is 4.90 Å². The molecule has 1 aliphatic rings. The van der Waals surface area contributed by atoms with Gasteiger partial charge in [-0.05, 0) is 30.5 Å². The number of halogens is 1. The van der Waals surface area contributed by atoms with E-state index in [4.69, 9.17) is 11.6 Å². The van der Waals surface area contributed by atoms with E-state index >= 15 is 0 Å². The number of carbonyl (C=O) groups excluding carboxylic acids is 1. The van der Waals surface area contributed by atoms with Gasteiger partial charge in [0.1, 0.15) is 11.2 Å². The van der Waals surface area contributed by atoms with Crippen LogP contribution in [0, 0.1) is 0 Å². The van der Waals surface area contributed by atoms with Gasteiger partial charge in [-0.25, -0.2) is 18.4 Å². The summed E-state index contributed by atoms with van der Waals surface area (Å²) in [6, 6.07) is 7.25. The van der Waals surface area contributed by atoms with Crippen LogP contribution in [0.3, 0.4) is 0 Å². The van der Waals surface area contributed by atoms with Gasteiger partial charge in [0.15, 0.2) is 9.84 Å². The van der Waals surface area contributed by atoms with Gasteiger partial charge in [0.25, 0.3) is 0 Å². The molecule has 0 unspecified atom stereocenters. The summed E-state index contributed by atoms with van der Waals surface area (Å²) in [6.45, 7) is 1.12. The van der Waals surface area contributed by atoms with Gasteiger partial charge in [-0.3, -0.25) is 4.79 Å². The Labute approximate surface area is 158 Å². The van der Waals surface area contributed by atoms with Crippen molar-refractivity contribution in [2.75, 3.05) is 19.3 Å². The number of hydrogen-bond acceptors (Lipinski definition) is 5. The minimum absolute atomic E-state index is 0.00642. The summed E-state index contributed by atoms with van der Waals surface area (Å²) in [5, 5.41) is 0.602. The van der Waals surface area contributed by atoms with Gasteiger partial charge in [-0.15, -0.1) is 0 Å². The Bertz CT molecular complexity index is 917. The lowest BCUT2D eigenvalue weighted by Crippen LogP contribution is -2.40. The molecular weight excluding hydrogens is 374 g/mol. The van der Waals surface area contributed by atoms with Gasteiger partial charge in [-0.2, -0.15) is 0 Å².